The van der Waals surface area contributed by atoms with Gasteiger partial charge in [-0.1, -0.05) is 25.4 Å². The summed E-state index contributed by atoms with van der Waals surface area (Å²) < 4.78 is 0. The maximum absolute atomic E-state index is 12.8. The van der Waals surface area contributed by atoms with Gasteiger partial charge in [-0.25, -0.2) is 0 Å². The Hall–Kier alpha value is -0.550. The Kier molecular flexibility index (Phi) is 6.55. The van der Waals surface area contributed by atoms with E-state index in [9.17, 15) is 4.79 Å². The van der Waals surface area contributed by atoms with Crippen LogP contribution in [0.15, 0.2) is 23.1 Å². The van der Waals surface area contributed by atoms with Crippen LogP contribution in [0.5, 0.6) is 0 Å². The molecule has 0 saturated carbocycles. The lowest BCUT2D eigenvalue weighted by Gasteiger charge is -2.29. The molecule has 1 N–H and O–H groups in total. The largest absolute Gasteiger partial charge is 0.314 e. The van der Waals surface area contributed by atoms with Gasteiger partial charge in [-0.05, 0) is 24.0 Å². The Balaban J connectivity index is 2.08. The van der Waals surface area contributed by atoms with Gasteiger partial charge in [-0.2, -0.15) is 0 Å². The third kappa shape index (κ3) is 4.71. The van der Waals surface area contributed by atoms with Gasteiger partial charge in [0, 0.05) is 54.1 Å². The molecular weight excluding hydrogens is 304 g/mol. The number of benzene rings is 1. The summed E-state index contributed by atoms with van der Waals surface area (Å²) in [5.74, 6) is 1.15. The van der Waals surface area contributed by atoms with Crippen LogP contribution in [0.2, 0.25) is 5.02 Å². The fourth-order valence-electron chi connectivity index (χ4n) is 2.61. The molecule has 3 nitrogen and oxygen atoms in total. The second kappa shape index (κ2) is 8.18. The maximum Gasteiger partial charge on any atom is 0.168 e. The highest BCUT2D eigenvalue weighted by atomic mass is 35.5. The van der Waals surface area contributed by atoms with Gasteiger partial charge in [0.15, 0.2) is 5.78 Å². The Bertz CT molecular complexity index is 489. The Labute approximate surface area is 136 Å². The molecular formula is C16H23ClN2OS. The number of rotatable bonds is 6. The van der Waals surface area contributed by atoms with Crippen LogP contribution in [0.1, 0.15) is 24.2 Å². The quantitative estimate of drug-likeness (QED) is 0.643. The van der Waals surface area contributed by atoms with E-state index in [0.717, 1.165) is 48.9 Å². The summed E-state index contributed by atoms with van der Waals surface area (Å²) >= 11 is 7.78. The third-order valence-electron chi connectivity index (χ3n) is 3.70. The predicted molar refractivity (Wildman–Crippen MR) is 90.7 cm³/mol. The molecule has 0 radical (unpaired) electrons. The molecule has 1 atom stereocenters. The van der Waals surface area contributed by atoms with E-state index >= 15 is 0 Å². The van der Waals surface area contributed by atoms with Gasteiger partial charge >= 0.3 is 0 Å². The second-order valence-electron chi connectivity index (χ2n) is 5.39. The van der Waals surface area contributed by atoms with E-state index in [-0.39, 0.29) is 11.7 Å². The topological polar surface area (TPSA) is 32.3 Å². The molecule has 1 heterocycles. The number of ketones is 1. The molecule has 1 unspecified atom stereocenters. The average Bonchev–Trinajstić information content (AvgIpc) is 2.49. The normalized spacial score (nSPS) is 17.7. The number of carbonyl (C=O) groups excluding carboxylic acids is 1. The molecule has 116 valence electrons. The summed E-state index contributed by atoms with van der Waals surface area (Å²) in [4.78, 5) is 16.2. The second-order valence-corrected chi connectivity index (χ2v) is 7.13. The van der Waals surface area contributed by atoms with Crippen LogP contribution < -0.4 is 5.32 Å². The highest BCUT2D eigenvalue weighted by Crippen LogP contribution is 2.27. The van der Waals surface area contributed by atoms with Gasteiger partial charge in [-0.3, -0.25) is 4.79 Å². The molecule has 2 rings (SSSR count). The van der Waals surface area contributed by atoms with Crippen LogP contribution in [0, 0.1) is 5.92 Å². The minimum absolute atomic E-state index is 0.00206. The van der Waals surface area contributed by atoms with Crippen molar-refractivity contribution in [3.8, 4) is 0 Å². The van der Waals surface area contributed by atoms with E-state index < -0.39 is 0 Å². The van der Waals surface area contributed by atoms with E-state index in [1.54, 1.807) is 11.8 Å². The summed E-state index contributed by atoms with van der Waals surface area (Å²) in [5.41, 5.74) is 0.775. The molecule has 21 heavy (non-hydrogen) atoms. The lowest BCUT2D eigenvalue weighted by atomic mass is 9.98. The molecule has 1 aliphatic heterocycles. The van der Waals surface area contributed by atoms with Gasteiger partial charge in [0.25, 0.3) is 0 Å². The summed E-state index contributed by atoms with van der Waals surface area (Å²) in [5, 5.41) is 3.97. The van der Waals surface area contributed by atoms with Crippen LogP contribution in [0.4, 0.5) is 0 Å². The fourth-order valence-corrected chi connectivity index (χ4v) is 3.57. The van der Waals surface area contributed by atoms with Crippen LogP contribution in [-0.2, 0) is 0 Å². The standard InChI is InChI=1S/C16H23ClN2OS/c1-3-21-15-5-4-13(17)10-14(15)16(20)12(2)11-19-8-6-18-7-9-19/h4-5,10,12,18H,3,6-9,11H2,1-2H3. The first-order valence-corrected chi connectivity index (χ1v) is 8.87. The van der Waals surface area contributed by atoms with Gasteiger partial charge < -0.3 is 10.2 Å². The van der Waals surface area contributed by atoms with Gasteiger partial charge in [0.2, 0.25) is 0 Å². The van der Waals surface area contributed by atoms with E-state index in [0.29, 0.717) is 5.02 Å². The first-order chi connectivity index (χ1) is 10.1. The summed E-state index contributed by atoms with van der Waals surface area (Å²) in [6.45, 7) is 8.99. The smallest absolute Gasteiger partial charge is 0.168 e. The fraction of sp³-hybridized carbons (Fsp3) is 0.562. The van der Waals surface area contributed by atoms with Crippen molar-refractivity contribution in [3.63, 3.8) is 0 Å². The maximum atomic E-state index is 12.8. The zero-order valence-electron chi connectivity index (χ0n) is 12.7. The zero-order chi connectivity index (χ0) is 15.2. The molecule has 0 aromatic heterocycles. The molecule has 1 fully saturated rings. The summed E-state index contributed by atoms with van der Waals surface area (Å²) in [7, 11) is 0. The highest BCUT2D eigenvalue weighted by molar-refractivity contribution is 7.99. The highest BCUT2D eigenvalue weighted by Gasteiger charge is 2.22. The Morgan fingerprint density at radius 1 is 1.43 bits per heavy atom. The van der Waals surface area contributed by atoms with E-state index in [1.807, 2.05) is 25.1 Å². The first-order valence-electron chi connectivity index (χ1n) is 7.51. The van der Waals surface area contributed by atoms with Gasteiger partial charge in [-0.15, -0.1) is 11.8 Å². The molecule has 1 aromatic carbocycles. The minimum Gasteiger partial charge on any atom is -0.314 e. The summed E-state index contributed by atoms with van der Waals surface area (Å²) in [6.07, 6.45) is 0. The number of Topliss-reactive ketones (excluding diaryl/α,β-unsaturated/α-hetero) is 1. The van der Waals surface area contributed by atoms with Crippen molar-refractivity contribution in [3.05, 3.63) is 28.8 Å². The lowest BCUT2D eigenvalue weighted by Crippen LogP contribution is -2.45. The van der Waals surface area contributed by atoms with Crippen molar-refractivity contribution in [1.82, 2.24) is 10.2 Å². The Morgan fingerprint density at radius 3 is 2.81 bits per heavy atom. The monoisotopic (exact) mass is 326 g/mol. The van der Waals surface area contributed by atoms with Crippen LogP contribution in [0.25, 0.3) is 0 Å². The Morgan fingerprint density at radius 2 is 2.14 bits per heavy atom. The zero-order valence-corrected chi connectivity index (χ0v) is 14.3. The van der Waals surface area contributed by atoms with Crippen molar-refractivity contribution in [2.75, 3.05) is 38.5 Å². The van der Waals surface area contributed by atoms with Crippen molar-refractivity contribution in [1.29, 1.82) is 0 Å². The lowest BCUT2D eigenvalue weighted by molar-refractivity contribution is 0.0884. The minimum atomic E-state index is -0.00206. The van der Waals surface area contributed by atoms with Crippen LogP contribution in [0.3, 0.4) is 0 Å². The van der Waals surface area contributed by atoms with E-state index in [4.69, 9.17) is 11.6 Å². The van der Waals surface area contributed by atoms with Crippen molar-refractivity contribution < 1.29 is 4.79 Å². The predicted octanol–water partition coefficient (Wildman–Crippen LogP) is 3.18. The number of halogens is 1. The molecule has 1 aliphatic rings. The number of nitrogens with zero attached hydrogens (tertiary/aromatic N) is 1. The van der Waals surface area contributed by atoms with Crippen LogP contribution in [-0.4, -0.2) is 49.2 Å². The van der Waals surface area contributed by atoms with Crippen molar-refractivity contribution in [2.24, 2.45) is 5.92 Å². The molecule has 0 aliphatic carbocycles. The summed E-state index contributed by atoms with van der Waals surface area (Å²) in [6, 6.07) is 5.63. The SMILES string of the molecule is CCSc1ccc(Cl)cc1C(=O)C(C)CN1CCNCC1. The number of carbonyl (C=O) groups is 1. The third-order valence-corrected chi connectivity index (χ3v) is 4.89. The number of nitrogens with one attached hydrogen (secondary N) is 1. The average molecular weight is 327 g/mol. The molecule has 0 amide bonds. The van der Waals surface area contributed by atoms with Gasteiger partial charge in [0.05, 0.1) is 0 Å². The number of piperazine rings is 1. The van der Waals surface area contributed by atoms with Crippen molar-refractivity contribution >= 4 is 29.1 Å². The first kappa shape index (κ1) is 16.8. The van der Waals surface area contributed by atoms with Crippen molar-refractivity contribution in [2.45, 2.75) is 18.7 Å². The molecule has 1 saturated heterocycles. The molecule has 0 spiro atoms. The molecule has 0 bridgehead atoms. The molecule has 1 aromatic rings. The van der Waals surface area contributed by atoms with E-state index in [2.05, 4.69) is 17.1 Å². The number of hydrogen-bond donors (Lipinski definition) is 1. The number of thioether (sulfide) groups is 1. The van der Waals surface area contributed by atoms with Gasteiger partial charge in [0.1, 0.15) is 0 Å². The van der Waals surface area contributed by atoms with Crippen LogP contribution >= 0.6 is 23.4 Å². The number of hydrogen-bond acceptors (Lipinski definition) is 4. The molecule has 5 heteroatoms. The van der Waals surface area contributed by atoms with E-state index in [1.165, 1.54) is 0 Å².